The van der Waals surface area contributed by atoms with E-state index in [1.165, 1.54) is 5.69 Å². The average molecular weight is 272 g/mol. The van der Waals surface area contributed by atoms with E-state index in [0.29, 0.717) is 0 Å². The lowest BCUT2D eigenvalue weighted by molar-refractivity contribution is 0.876. The minimum atomic E-state index is 0.0394. The van der Waals surface area contributed by atoms with Crippen molar-refractivity contribution in [2.75, 3.05) is 11.4 Å². The zero-order valence-corrected chi connectivity index (χ0v) is 11.6. The second kappa shape index (κ2) is 6.24. The largest absolute Gasteiger partial charge is 0.373 e. The number of allylic oxidation sites excluding steroid dienone is 2. The molecular weight excluding hydrogens is 256 g/mol. The molecule has 0 saturated heterocycles. The molecule has 0 spiro atoms. The van der Waals surface area contributed by atoms with Crippen molar-refractivity contribution in [2.45, 2.75) is 13.3 Å². The third-order valence-corrected chi connectivity index (χ3v) is 2.86. The zero-order chi connectivity index (χ0) is 13.7. The van der Waals surface area contributed by atoms with Gasteiger partial charge in [-0.2, -0.15) is 5.11 Å². The summed E-state index contributed by atoms with van der Waals surface area (Å²) in [5.74, 6) is 0. The molecule has 1 aromatic rings. The van der Waals surface area contributed by atoms with Crippen LogP contribution in [0, 0.1) is 0 Å². The molecule has 1 heterocycles. The first-order valence-electron chi connectivity index (χ1n) is 6.17. The van der Waals surface area contributed by atoms with E-state index < -0.39 is 0 Å². The second-order valence-corrected chi connectivity index (χ2v) is 4.58. The Morgan fingerprint density at radius 2 is 2.21 bits per heavy atom. The molecular formula is C14H16N4S. The van der Waals surface area contributed by atoms with Crippen LogP contribution >= 0.6 is 12.2 Å². The molecule has 0 atom stereocenters. The Bertz CT molecular complexity index is 560. The van der Waals surface area contributed by atoms with Gasteiger partial charge in [0.2, 0.25) is 5.11 Å². The number of fused-ring (bicyclic) bond motifs is 1. The molecule has 2 N–H and O–H groups in total. The van der Waals surface area contributed by atoms with Gasteiger partial charge < -0.3 is 10.6 Å². The molecule has 98 valence electrons. The number of thiocarbonyl (C=S) groups is 1. The van der Waals surface area contributed by atoms with Gasteiger partial charge >= 0.3 is 0 Å². The molecule has 19 heavy (non-hydrogen) atoms. The topological polar surface area (TPSA) is 54.0 Å². The van der Waals surface area contributed by atoms with Crippen LogP contribution in [-0.4, -0.2) is 11.7 Å². The molecule has 0 saturated carbocycles. The molecule has 0 aromatic heterocycles. The third-order valence-electron chi connectivity index (χ3n) is 2.78. The zero-order valence-electron chi connectivity index (χ0n) is 10.8. The van der Waals surface area contributed by atoms with Crippen LogP contribution in [-0.2, 0) is 0 Å². The van der Waals surface area contributed by atoms with Crippen molar-refractivity contribution in [2.24, 2.45) is 16.0 Å². The van der Waals surface area contributed by atoms with Crippen LogP contribution in [0.4, 0.5) is 5.69 Å². The third kappa shape index (κ3) is 3.26. The highest BCUT2D eigenvalue weighted by atomic mass is 32.1. The van der Waals surface area contributed by atoms with Crippen molar-refractivity contribution >= 4 is 28.6 Å². The van der Waals surface area contributed by atoms with Gasteiger partial charge in [-0.25, -0.2) is 0 Å². The van der Waals surface area contributed by atoms with Crippen LogP contribution < -0.4 is 10.6 Å². The van der Waals surface area contributed by atoms with Gasteiger partial charge in [0, 0.05) is 29.6 Å². The number of anilines is 1. The summed E-state index contributed by atoms with van der Waals surface area (Å²) >= 11 is 4.66. The lowest BCUT2D eigenvalue weighted by Crippen LogP contribution is -2.20. The van der Waals surface area contributed by atoms with Crippen molar-refractivity contribution in [1.29, 1.82) is 0 Å². The number of nitrogens with two attached hydrogens (primary N) is 1. The fourth-order valence-electron chi connectivity index (χ4n) is 2.00. The number of para-hydroxylation sites is 1. The number of hydrogen-bond donors (Lipinski definition) is 1. The molecule has 0 amide bonds. The first-order chi connectivity index (χ1) is 9.22. The number of benzene rings is 1. The maximum absolute atomic E-state index is 5.28. The van der Waals surface area contributed by atoms with Crippen LogP contribution in [0.15, 0.2) is 53.0 Å². The van der Waals surface area contributed by atoms with Crippen molar-refractivity contribution < 1.29 is 0 Å². The second-order valence-electron chi connectivity index (χ2n) is 4.16. The molecule has 5 heteroatoms. The standard InChI is InChI=1S/C14H16N4S/c1-2-8-18-9-7-11(10-16-17-14(15)19)12-5-3-4-6-13(12)18/h3-7,9-10H,2,8H2,1H3,(H2,15,19)/b11-10+,17-16?. The average Bonchev–Trinajstić information content (AvgIpc) is 2.41. The van der Waals surface area contributed by atoms with Crippen LogP contribution in [0.5, 0.6) is 0 Å². The van der Waals surface area contributed by atoms with E-state index in [2.05, 4.69) is 52.6 Å². The molecule has 1 aromatic carbocycles. The number of rotatable bonds is 3. The SMILES string of the molecule is CCCN1C=C/C(=C\N=NC(N)=S)c2ccccc21. The highest BCUT2D eigenvalue weighted by molar-refractivity contribution is 7.80. The lowest BCUT2D eigenvalue weighted by Gasteiger charge is -2.26. The highest BCUT2D eigenvalue weighted by Gasteiger charge is 2.14. The van der Waals surface area contributed by atoms with E-state index in [4.69, 9.17) is 5.73 Å². The molecule has 0 unspecified atom stereocenters. The maximum Gasteiger partial charge on any atom is 0.211 e. The Morgan fingerprint density at radius 3 is 2.95 bits per heavy atom. The smallest absolute Gasteiger partial charge is 0.211 e. The van der Waals surface area contributed by atoms with Gasteiger partial charge in [-0.15, -0.1) is 5.11 Å². The Balaban J connectivity index is 2.34. The number of azo groups is 1. The van der Waals surface area contributed by atoms with Gasteiger partial charge in [0.1, 0.15) is 0 Å². The summed E-state index contributed by atoms with van der Waals surface area (Å²) in [4.78, 5) is 2.23. The summed E-state index contributed by atoms with van der Waals surface area (Å²) in [7, 11) is 0. The van der Waals surface area contributed by atoms with Crippen molar-refractivity contribution in [1.82, 2.24) is 0 Å². The predicted molar refractivity (Wildman–Crippen MR) is 82.8 cm³/mol. The first kappa shape index (κ1) is 13.4. The van der Waals surface area contributed by atoms with Crippen LogP contribution in [0.1, 0.15) is 18.9 Å². The van der Waals surface area contributed by atoms with Crippen molar-refractivity contribution in [3.8, 4) is 0 Å². The van der Waals surface area contributed by atoms with E-state index in [-0.39, 0.29) is 5.11 Å². The van der Waals surface area contributed by atoms with Gasteiger partial charge in [-0.3, -0.25) is 0 Å². The highest BCUT2D eigenvalue weighted by Crippen LogP contribution is 2.32. The van der Waals surface area contributed by atoms with Gasteiger partial charge in [0.05, 0.1) is 6.20 Å². The fourth-order valence-corrected chi connectivity index (χ4v) is 2.05. The van der Waals surface area contributed by atoms with Crippen LogP contribution in [0.2, 0.25) is 0 Å². The maximum atomic E-state index is 5.28. The molecule has 2 rings (SSSR count). The fraction of sp³-hybridized carbons (Fsp3) is 0.214. The van der Waals surface area contributed by atoms with E-state index in [1.54, 1.807) is 6.20 Å². The van der Waals surface area contributed by atoms with Crippen LogP contribution in [0.25, 0.3) is 5.57 Å². The molecule has 0 radical (unpaired) electrons. The summed E-state index contributed by atoms with van der Waals surface area (Å²) in [6, 6.07) is 8.23. The van der Waals surface area contributed by atoms with Gasteiger partial charge in [-0.05, 0) is 30.8 Å². The minimum Gasteiger partial charge on any atom is -0.373 e. The summed E-state index contributed by atoms with van der Waals surface area (Å²) in [5, 5.41) is 7.59. The Labute approximate surface area is 118 Å². The van der Waals surface area contributed by atoms with Crippen LogP contribution in [0.3, 0.4) is 0 Å². The quantitative estimate of drug-likeness (QED) is 0.677. The van der Waals surface area contributed by atoms with Gasteiger partial charge in [0.15, 0.2) is 0 Å². The number of nitrogens with zero attached hydrogens (tertiary/aromatic N) is 3. The van der Waals surface area contributed by atoms with Gasteiger partial charge in [-0.1, -0.05) is 25.1 Å². The Morgan fingerprint density at radius 1 is 1.42 bits per heavy atom. The molecule has 1 aliphatic rings. The van der Waals surface area contributed by atoms with Crippen molar-refractivity contribution in [3.05, 3.63) is 48.3 Å². The summed E-state index contributed by atoms with van der Waals surface area (Å²) in [6.07, 6.45) is 6.86. The Kier molecular flexibility index (Phi) is 4.41. The van der Waals surface area contributed by atoms with Gasteiger partial charge in [0.25, 0.3) is 0 Å². The minimum absolute atomic E-state index is 0.0394. The monoisotopic (exact) mass is 272 g/mol. The molecule has 0 aliphatic carbocycles. The normalized spacial score (nSPS) is 16.1. The number of hydrogen-bond acceptors (Lipinski definition) is 3. The van der Waals surface area contributed by atoms with Crippen molar-refractivity contribution in [3.63, 3.8) is 0 Å². The summed E-state index contributed by atoms with van der Waals surface area (Å²) in [5.41, 5.74) is 8.61. The molecule has 1 aliphatic heterocycles. The Hall–Kier alpha value is -2.01. The van der Waals surface area contributed by atoms with E-state index in [9.17, 15) is 0 Å². The van der Waals surface area contributed by atoms with E-state index >= 15 is 0 Å². The lowest BCUT2D eigenvalue weighted by atomic mass is 10.0. The predicted octanol–water partition coefficient (Wildman–Crippen LogP) is 3.47. The van der Waals surface area contributed by atoms with E-state index in [0.717, 1.165) is 24.1 Å². The first-order valence-corrected chi connectivity index (χ1v) is 6.58. The summed E-state index contributed by atoms with van der Waals surface area (Å²) < 4.78 is 0. The van der Waals surface area contributed by atoms with E-state index in [1.807, 2.05) is 18.2 Å². The summed E-state index contributed by atoms with van der Waals surface area (Å²) in [6.45, 7) is 3.16. The molecule has 0 bridgehead atoms. The molecule has 4 nitrogen and oxygen atoms in total. The molecule has 0 fully saturated rings.